The molecular weight excluding hydrogens is 278 g/mol. The molecule has 2 rings (SSSR count). The highest BCUT2D eigenvalue weighted by atomic mass is 35.5. The van der Waals surface area contributed by atoms with E-state index in [-0.39, 0.29) is 15.6 Å². The summed E-state index contributed by atoms with van der Waals surface area (Å²) in [5.41, 5.74) is 0.655. The summed E-state index contributed by atoms with van der Waals surface area (Å²) >= 11 is 6.36. The van der Waals surface area contributed by atoms with Gasteiger partial charge >= 0.3 is 11.9 Å². The zero-order chi connectivity index (χ0) is 13.3. The van der Waals surface area contributed by atoms with Gasteiger partial charge in [0.05, 0.1) is 5.69 Å². The van der Waals surface area contributed by atoms with Crippen LogP contribution in [-0.4, -0.2) is 27.1 Å². The molecule has 92 valence electrons. The van der Waals surface area contributed by atoms with E-state index in [1.807, 2.05) is 0 Å². The maximum absolute atomic E-state index is 11.0. The van der Waals surface area contributed by atoms with Gasteiger partial charge in [-0.2, -0.15) is 0 Å². The summed E-state index contributed by atoms with van der Waals surface area (Å²) in [4.78, 5) is 25.6. The van der Waals surface area contributed by atoms with Gasteiger partial charge in [0.25, 0.3) is 0 Å². The largest absolute Gasteiger partial charge is 0.477 e. The Bertz CT molecular complexity index is 620. The maximum Gasteiger partial charge on any atom is 0.365 e. The Kier molecular flexibility index (Phi) is 3.31. The van der Waals surface area contributed by atoms with Crippen LogP contribution in [0.5, 0.6) is 0 Å². The summed E-state index contributed by atoms with van der Waals surface area (Å²) < 4.78 is 0. The topological polar surface area (TPSA) is 87.5 Å². The first kappa shape index (κ1) is 12.5. The molecular formula is C11H6ClNO4S. The van der Waals surface area contributed by atoms with Crippen molar-refractivity contribution in [3.05, 3.63) is 39.2 Å². The standard InChI is InChI=1S/C11H6ClNO4S/c12-6-3-1-5(2-4-6)7-8(10(14)15)18-9(13-7)11(16)17/h1-4H,(H,14,15)(H,16,17). The van der Waals surface area contributed by atoms with E-state index >= 15 is 0 Å². The highest BCUT2D eigenvalue weighted by Gasteiger charge is 2.21. The van der Waals surface area contributed by atoms with Crippen LogP contribution < -0.4 is 0 Å². The van der Waals surface area contributed by atoms with Gasteiger partial charge in [-0.25, -0.2) is 14.6 Å². The van der Waals surface area contributed by atoms with Crippen molar-refractivity contribution in [2.45, 2.75) is 0 Å². The van der Waals surface area contributed by atoms with Crippen molar-refractivity contribution in [1.82, 2.24) is 4.98 Å². The fraction of sp³-hybridized carbons (Fsp3) is 0. The molecule has 0 atom stereocenters. The third kappa shape index (κ3) is 2.34. The number of carbonyl (C=O) groups is 2. The van der Waals surface area contributed by atoms with Gasteiger partial charge < -0.3 is 10.2 Å². The first-order chi connectivity index (χ1) is 8.49. The van der Waals surface area contributed by atoms with Crippen LogP contribution in [0.4, 0.5) is 0 Å². The van der Waals surface area contributed by atoms with Crippen molar-refractivity contribution < 1.29 is 19.8 Å². The van der Waals surface area contributed by atoms with E-state index in [2.05, 4.69) is 4.98 Å². The van der Waals surface area contributed by atoms with Crippen LogP contribution in [0.1, 0.15) is 19.5 Å². The number of nitrogens with zero attached hydrogens (tertiary/aromatic N) is 1. The number of aromatic nitrogens is 1. The smallest absolute Gasteiger partial charge is 0.365 e. The van der Waals surface area contributed by atoms with E-state index in [4.69, 9.17) is 21.8 Å². The Morgan fingerprint density at radius 1 is 1.11 bits per heavy atom. The molecule has 0 spiro atoms. The van der Waals surface area contributed by atoms with Crippen molar-refractivity contribution in [3.63, 3.8) is 0 Å². The van der Waals surface area contributed by atoms with Crippen molar-refractivity contribution in [1.29, 1.82) is 0 Å². The SMILES string of the molecule is O=C(O)c1nc(-c2ccc(Cl)cc2)c(C(=O)O)s1. The Morgan fingerprint density at radius 2 is 1.72 bits per heavy atom. The normalized spacial score (nSPS) is 10.3. The summed E-state index contributed by atoms with van der Waals surface area (Å²) in [5.74, 6) is -2.45. The lowest BCUT2D eigenvalue weighted by molar-refractivity contribution is 0.0689. The summed E-state index contributed by atoms with van der Waals surface area (Å²) in [6, 6.07) is 6.36. The van der Waals surface area contributed by atoms with Gasteiger partial charge in [0.2, 0.25) is 5.01 Å². The van der Waals surface area contributed by atoms with Crippen molar-refractivity contribution in [3.8, 4) is 11.3 Å². The zero-order valence-corrected chi connectivity index (χ0v) is 10.3. The predicted molar refractivity (Wildman–Crippen MR) is 66.5 cm³/mol. The van der Waals surface area contributed by atoms with Gasteiger partial charge in [-0.15, -0.1) is 0 Å². The van der Waals surface area contributed by atoms with Gasteiger partial charge in [0.1, 0.15) is 4.88 Å². The molecule has 1 heterocycles. The van der Waals surface area contributed by atoms with E-state index < -0.39 is 11.9 Å². The predicted octanol–water partition coefficient (Wildman–Crippen LogP) is 2.86. The van der Waals surface area contributed by atoms with Crippen LogP contribution in [0, 0.1) is 0 Å². The highest BCUT2D eigenvalue weighted by Crippen LogP contribution is 2.29. The van der Waals surface area contributed by atoms with Crippen LogP contribution in [0.2, 0.25) is 5.02 Å². The molecule has 7 heteroatoms. The first-order valence-electron chi connectivity index (χ1n) is 4.72. The molecule has 0 amide bonds. The lowest BCUT2D eigenvalue weighted by atomic mass is 10.1. The van der Waals surface area contributed by atoms with Crippen LogP contribution in [0.15, 0.2) is 24.3 Å². The molecule has 0 aliphatic carbocycles. The fourth-order valence-corrected chi connectivity index (χ4v) is 2.25. The second-order valence-corrected chi connectivity index (χ2v) is 4.75. The highest BCUT2D eigenvalue weighted by molar-refractivity contribution is 7.15. The minimum absolute atomic E-state index is 0.102. The zero-order valence-electron chi connectivity index (χ0n) is 8.75. The molecule has 0 radical (unpaired) electrons. The van der Waals surface area contributed by atoms with Gasteiger partial charge in [-0.1, -0.05) is 35.1 Å². The van der Waals surface area contributed by atoms with Crippen LogP contribution in [0.3, 0.4) is 0 Å². The van der Waals surface area contributed by atoms with Gasteiger partial charge in [-0.3, -0.25) is 0 Å². The second kappa shape index (κ2) is 4.75. The number of carboxylic acid groups (broad SMARTS) is 2. The number of thiazole rings is 1. The lowest BCUT2D eigenvalue weighted by Gasteiger charge is -1.98. The minimum atomic E-state index is -1.25. The minimum Gasteiger partial charge on any atom is -0.477 e. The molecule has 1 aromatic heterocycles. The number of rotatable bonds is 3. The van der Waals surface area contributed by atoms with Gasteiger partial charge in [0.15, 0.2) is 0 Å². The summed E-state index contributed by atoms with van der Waals surface area (Å²) in [6.07, 6.45) is 0. The summed E-state index contributed by atoms with van der Waals surface area (Å²) in [5, 5.41) is 18.1. The van der Waals surface area contributed by atoms with Crippen LogP contribution in [0.25, 0.3) is 11.3 Å². The Balaban J connectivity index is 2.58. The second-order valence-electron chi connectivity index (χ2n) is 3.31. The van der Waals surface area contributed by atoms with E-state index in [0.717, 1.165) is 0 Å². The molecule has 0 aliphatic heterocycles. The lowest BCUT2D eigenvalue weighted by Crippen LogP contribution is -1.95. The van der Waals surface area contributed by atoms with E-state index in [9.17, 15) is 9.59 Å². The summed E-state index contributed by atoms with van der Waals surface area (Å²) in [7, 11) is 0. The molecule has 2 N–H and O–H groups in total. The van der Waals surface area contributed by atoms with E-state index in [0.29, 0.717) is 21.9 Å². The molecule has 0 fully saturated rings. The molecule has 18 heavy (non-hydrogen) atoms. The average molecular weight is 284 g/mol. The molecule has 0 saturated carbocycles. The number of hydrogen-bond acceptors (Lipinski definition) is 4. The number of halogens is 1. The summed E-state index contributed by atoms with van der Waals surface area (Å²) in [6.45, 7) is 0. The first-order valence-corrected chi connectivity index (χ1v) is 5.92. The fourth-order valence-electron chi connectivity index (χ4n) is 1.36. The number of aromatic carboxylic acids is 2. The monoisotopic (exact) mass is 283 g/mol. The quantitative estimate of drug-likeness (QED) is 0.904. The number of hydrogen-bond donors (Lipinski definition) is 2. The van der Waals surface area contributed by atoms with Crippen LogP contribution >= 0.6 is 22.9 Å². The third-order valence-corrected chi connectivity index (χ3v) is 3.41. The van der Waals surface area contributed by atoms with Crippen LogP contribution in [-0.2, 0) is 0 Å². The Morgan fingerprint density at radius 3 is 2.22 bits per heavy atom. The third-order valence-electron chi connectivity index (χ3n) is 2.12. The number of carboxylic acids is 2. The van der Waals surface area contributed by atoms with E-state index in [1.165, 1.54) is 0 Å². The maximum atomic E-state index is 11.0. The van der Waals surface area contributed by atoms with Gasteiger partial charge in [-0.05, 0) is 12.1 Å². The molecule has 5 nitrogen and oxygen atoms in total. The molecule has 0 saturated heterocycles. The van der Waals surface area contributed by atoms with Crippen molar-refractivity contribution in [2.75, 3.05) is 0 Å². The Hall–Kier alpha value is -1.92. The molecule has 0 aliphatic rings. The Labute approximate surface area is 110 Å². The van der Waals surface area contributed by atoms with Gasteiger partial charge in [0, 0.05) is 10.6 Å². The number of benzene rings is 1. The molecule has 0 unspecified atom stereocenters. The average Bonchev–Trinajstić information content (AvgIpc) is 2.75. The van der Waals surface area contributed by atoms with Crippen molar-refractivity contribution in [2.24, 2.45) is 0 Å². The molecule has 1 aromatic carbocycles. The molecule has 0 bridgehead atoms. The molecule has 2 aromatic rings. The van der Waals surface area contributed by atoms with Crippen molar-refractivity contribution >= 4 is 34.9 Å². The van der Waals surface area contributed by atoms with E-state index in [1.54, 1.807) is 24.3 Å².